The molecule has 0 aromatic carbocycles. The van der Waals surface area contributed by atoms with Crippen molar-refractivity contribution < 1.29 is 19.1 Å². The number of aliphatic hydroxyl groups is 1. The molecule has 0 aliphatic carbocycles. The number of hydrogen-bond acceptors (Lipinski definition) is 4. The van der Waals surface area contributed by atoms with Gasteiger partial charge in [-0.15, -0.1) is 0 Å². The highest BCUT2D eigenvalue weighted by molar-refractivity contribution is 6.74. The molecular formula is C18H35NO4Si. The minimum atomic E-state index is -1.89. The Balaban J connectivity index is 2.87. The van der Waals surface area contributed by atoms with Gasteiger partial charge in [0.15, 0.2) is 8.32 Å². The topological polar surface area (TPSA) is 59.0 Å². The maximum Gasteiger partial charge on any atom is 0.410 e. The normalized spacial score (nSPS) is 23.1. The van der Waals surface area contributed by atoms with Gasteiger partial charge in [0.1, 0.15) is 5.60 Å². The number of carbonyl (C=O) groups excluding carboxylic acids is 1. The van der Waals surface area contributed by atoms with Crippen LogP contribution >= 0.6 is 0 Å². The number of hydrogen-bond donors (Lipinski definition) is 1. The molecular weight excluding hydrogens is 322 g/mol. The SMILES string of the molecule is CC(C)(C)OC(=O)N1CC(O[Si](C)(C)C(C)(C)C)CC1/C=C/CO. The molecule has 0 spiro atoms. The lowest BCUT2D eigenvalue weighted by atomic mass is 10.2. The Morgan fingerprint density at radius 3 is 2.29 bits per heavy atom. The second-order valence-electron chi connectivity index (χ2n) is 9.05. The lowest BCUT2D eigenvalue weighted by Gasteiger charge is -2.38. The summed E-state index contributed by atoms with van der Waals surface area (Å²) in [5.41, 5.74) is -0.527. The minimum absolute atomic E-state index is 0.00625. The fourth-order valence-corrected chi connectivity index (χ4v) is 3.79. The molecule has 140 valence electrons. The minimum Gasteiger partial charge on any atom is -0.444 e. The summed E-state index contributed by atoms with van der Waals surface area (Å²) in [5, 5.41) is 9.18. The van der Waals surface area contributed by atoms with Gasteiger partial charge in [0, 0.05) is 6.54 Å². The Morgan fingerprint density at radius 1 is 1.25 bits per heavy atom. The first-order valence-corrected chi connectivity index (χ1v) is 11.6. The highest BCUT2D eigenvalue weighted by Crippen LogP contribution is 2.39. The van der Waals surface area contributed by atoms with Crippen LogP contribution in [0.2, 0.25) is 18.1 Å². The van der Waals surface area contributed by atoms with Crippen molar-refractivity contribution in [1.82, 2.24) is 4.90 Å². The first-order valence-electron chi connectivity index (χ1n) is 8.72. The Bertz CT molecular complexity index is 463. The molecule has 1 N–H and O–H groups in total. The van der Waals surface area contributed by atoms with E-state index in [-0.39, 0.29) is 29.9 Å². The predicted octanol–water partition coefficient (Wildman–Crippen LogP) is 3.93. The quantitative estimate of drug-likeness (QED) is 0.612. The van der Waals surface area contributed by atoms with Gasteiger partial charge in [-0.25, -0.2) is 4.79 Å². The number of aliphatic hydroxyl groups excluding tert-OH is 1. The van der Waals surface area contributed by atoms with Crippen molar-refractivity contribution in [1.29, 1.82) is 0 Å². The third-order valence-electron chi connectivity index (χ3n) is 4.66. The van der Waals surface area contributed by atoms with Crippen molar-refractivity contribution in [2.24, 2.45) is 0 Å². The van der Waals surface area contributed by atoms with Gasteiger partial charge in [-0.1, -0.05) is 32.9 Å². The summed E-state index contributed by atoms with van der Waals surface area (Å²) in [7, 11) is -1.89. The standard InChI is InChI=1S/C18H35NO4Si/c1-17(2,3)22-16(21)19-13-15(12-14(19)10-9-11-20)23-24(7,8)18(4,5)6/h9-10,14-15,20H,11-13H2,1-8H3/b10-9+. The summed E-state index contributed by atoms with van der Waals surface area (Å²) in [6, 6.07) is -0.0956. The van der Waals surface area contributed by atoms with E-state index in [1.54, 1.807) is 11.0 Å². The van der Waals surface area contributed by atoms with Crippen molar-refractivity contribution in [3.05, 3.63) is 12.2 Å². The van der Waals surface area contributed by atoms with Gasteiger partial charge in [0.25, 0.3) is 0 Å². The van der Waals surface area contributed by atoms with Crippen molar-refractivity contribution in [2.75, 3.05) is 13.2 Å². The van der Waals surface area contributed by atoms with E-state index in [2.05, 4.69) is 33.9 Å². The van der Waals surface area contributed by atoms with E-state index in [4.69, 9.17) is 14.3 Å². The third kappa shape index (κ3) is 5.90. The monoisotopic (exact) mass is 357 g/mol. The second kappa shape index (κ2) is 7.58. The smallest absolute Gasteiger partial charge is 0.410 e. The van der Waals surface area contributed by atoms with Crippen LogP contribution in [0.5, 0.6) is 0 Å². The van der Waals surface area contributed by atoms with E-state index in [0.717, 1.165) is 6.42 Å². The Kier molecular flexibility index (Phi) is 6.69. The van der Waals surface area contributed by atoms with Crippen LogP contribution in [-0.4, -0.2) is 55.3 Å². The summed E-state index contributed by atoms with van der Waals surface area (Å²) in [5.74, 6) is 0. The maximum atomic E-state index is 12.5. The van der Waals surface area contributed by atoms with Crippen LogP contribution in [0.3, 0.4) is 0 Å². The van der Waals surface area contributed by atoms with Crippen molar-refractivity contribution in [3.8, 4) is 0 Å². The highest BCUT2D eigenvalue weighted by Gasteiger charge is 2.43. The molecule has 0 bridgehead atoms. The van der Waals surface area contributed by atoms with Gasteiger partial charge >= 0.3 is 6.09 Å². The molecule has 1 amide bonds. The third-order valence-corrected chi connectivity index (χ3v) is 9.20. The Morgan fingerprint density at radius 2 is 1.83 bits per heavy atom. The van der Waals surface area contributed by atoms with E-state index in [9.17, 15) is 4.79 Å². The lowest BCUT2D eigenvalue weighted by Crippen LogP contribution is -2.45. The molecule has 0 aromatic heterocycles. The summed E-state index contributed by atoms with van der Waals surface area (Å²) < 4.78 is 12.0. The maximum absolute atomic E-state index is 12.5. The molecule has 5 nitrogen and oxygen atoms in total. The van der Waals surface area contributed by atoms with E-state index in [1.807, 2.05) is 26.8 Å². The number of nitrogens with zero attached hydrogens (tertiary/aromatic N) is 1. The van der Waals surface area contributed by atoms with Crippen LogP contribution in [0.1, 0.15) is 48.0 Å². The molecule has 1 aliphatic rings. The fourth-order valence-electron chi connectivity index (χ4n) is 2.44. The molecule has 0 saturated carbocycles. The van der Waals surface area contributed by atoms with Crippen LogP contribution in [0, 0.1) is 0 Å². The summed E-state index contributed by atoms with van der Waals surface area (Å²) in [4.78, 5) is 14.2. The number of likely N-dealkylation sites (tertiary alicyclic amines) is 1. The molecule has 2 unspecified atom stereocenters. The largest absolute Gasteiger partial charge is 0.444 e. The number of carbonyl (C=O) groups is 1. The molecule has 1 aliphatic heterocycles. The zero-order valence-electron chi connectivity index (χ0n) is 16.5. The van der Waals surface area contributed by atoms with Gasteiger partial charge < -0.3 is 14.3 Å². The van der Waals surface area contributed by atoms with E-state index in [1.165, 1.54) is 0 Å². The molecule has 2 atom stereocenters. The van der Waals surface area contributed by atoms with Crippen molar-refractivity contribution >= 4 is 14.4 Å². The molecule has 1 saturated heterocycles. The average Bonchev–Trinajstić information content (AvgIpc) is 2.75. The molecule has 1 heterocycles. The van der Waals surface area contributed by atoms with Crippen LogP contribution in [0.15, 0.2) is 12.2 Å². The zero-order valence-corrected chi connectivity index (χ0v) is 17.5. The van der Waals surface area contributed by atoms with Crippen molar-refractivity contribution in [2.45, 2.75) is 83.8 Å². The summed E-state index contributed by atoms with van der Waals surface area (Å²) >= 11 is 0. The van der Waals surface area contributed by atoms with Gasteiger partial charge in [-0.05, 0) is 45.3 Å². The fraction of sp³-hybridized carbons (Fsp3) is 0.833. The first-order chi connectivity index (χ1) is 10.8. The lowest BCUT2D eigenvalue weighted by molar-refractivity contribution is 0.0237. The predicted molar refractivity (Wildman–Crippen MR) is 99.6 cm³/mol. The number of amides is 1. The van der Waals surface area contributed by atoms with Gasteiger partial charge in [-0.2, -0.15) is 0 Å². The number of rotatable bonds is 4. The van der Waals surface area contributed by atoms with Gasteiger partial charge in [-0.3, -0.25) is 4.90 Å². The molecule has 24 heavy (non-hydrogen) atoms. The molecule has 0 aromatic rings. The zero-order chi connectivity index (χ0) is 18.8. The number of ether oxygens (including phenoxy) is 1. The summed E-state index contributed by atoms with van der Waals surface area (Å²) in [6.07, 6.45) is 3.97. The van der Waals surface area contributed by atoms with Crippen LogP contribution in [-0.2, 0) is 9.16 Å². The molecule has 1 fully saturated rings. The molecule has 6 heteroatoms. The van der Waals surface area contributed by atoms with Gasteiger partial charge in [0.05, 0.1) is 18.8 Å². The van der Waals surface area contributed by atoms with E-state index in [0.29, 0.717) is 6.54 Å². The summed E-state index contributed by atoms with van der Waals surface area (Å²) in [6.45, 7) is 17.2. The second-order valence-corrected chi connectivity index (χ2v) is 13.8. The Hall–Kier alpha value is -0.853. The first kappa shape index (κ1) is 21.2. The Labute approximate surface area is 148 Å². The van der Waals surface area contributed by atoms with E-state index < -0.39 is 13.9 Å². The van der Waals surface area contributed by atoms with Crippen LogP contribution in [0.4, 0.5) is 4.79 Å². The van der Waals surface area contributed by atoms with Crippen LogP contribution < -0.4 is 0 Å². The van der Waals surface area contributed by atoms with E-state index >= 15 is 0 Å². The van der Waals surface area contributed by atoms with Gasteiger partial charge in [0.2, 0.25) is 0 Å². The molecule has 0 radical (unpaired) electrons. The van der Waals surface area contributed by atoms with Crippen LogP contribution in [0.25, 0.3) is 0 Å². The van der Waals surface area contributed by atoms with Crippen molar-refractivity contribution in [3.63, 3.8) is 0 Å². The highest BCUT2D eigenvalue weighted by atomic mass is 28.4. The molecule has 1 rings (SSSR count). The average molecular weight is 358 g/mol.